The van der Waals surface area contributed by atoms with Crippen molar-refractivity contribution in [2.24, 2.45) is 0 Å². The number of esters is 1. The minimum absolute atomic E-state index is 0.187. The average Bonchev–Trinajstić information content (AvgIpc) is 2.19. The molecule has 1 aromatic rings. The molecule has 76 valence electrons. The van der Waals surface area contributed by atoms with Crippen LogP contribution in [0, 0.1) is 0 Å². The molecule has 0 heterocycles. The third kappa shape index (κ3) is 3.03. The van der Waals surface area contributed by atoms with E-state index in [9.17, 15) is 9.90 Å². The van der Waals surface area contributed by atoms with Crippen molar-refractivity contribution >= 4 is 21.9 Å². The van der Waals surface area contributed by atoms with Gasteiger partial charge in [-0.25, -0.2) is 0 Å². The van der Waals surface area contributed by atoms with Crippen LogP contribution < -0.4 is 0 Å². The third-order valence-electron chi connectivity index (χ3n) is 1.86. The fourth-order valence-corrected chi connectivity index (χ4v) is 1.31. The van der Waals surface area contributed by atoms with Gasteiger partial charge in [0, 0.05) is 6.42 Å². The zero-order valence-electron chi connectivity index (χ0n) is 7.79. The van der Waals surface area contributed by atoms with Gasteiger partial charge in [-0.1, -0.05) is 6.07 Å². The Kier molecular flexibility index (Phi) is 3.95. The van der Waals surface area contributed by atoms with E-state index in [-0.39, 0.29) is 11.7 Å². The van der Waals surface area contributed by atoms with E-state index in [0.717, 1.165) is 5.56 Å². The third-order valence-corrected chi connectivity index (χ3v) is 2.53. The molecule has 0 aliphatic rings. The van der Waals surface area contributed by atoms with Crippen molar-refractivity contribution in [1.29, 1.82) is 0 Å². The smallest absolute Gasteiger partial charge is 0.305 e. The first kappa shape index (κ1) is 11.0. The highest BCUT2D eigenvalue weighted by molar-refractivity contribution is 9.10. The maximum absolute atomic E-state index is 10.8. The van der Waals surface area contributed by atoms with Gasteiger partial charge in [0.05, 0.1) is 11.6 Å². The van der Waals surface area contributed by atoms with Gasteiger partial charge in [0.1, 0.15) is 5.75 Å². The molecular weight excluding hydrogens is 248 g/mol. The van der Waals surface area contributed by atoms with Crippen LogP contribution in [-0.2, 0) is 16.0 Å². The number of hydrogen-bond donors (Lipinski definition) is 1. The number of hydrogen-bond acceptors (Lipinski definition) is 3. The molecule has 0 spiro atoms. The molecule has 0 saturated heterocycles. The second kappa shape index (κ2) is 5.00. The highest BCUT2D eigenvalue weighted by atomic mass is 79.9. The van der Waals surface area contributed by atoms with Crippen LogP contribution in [0.3, 0.4) is 0 Å². The van der Waals surface area contributed by atoms with Crippen molar-refractivity contribution in [1.82, 2.24) is 0 Å². The Morgan fingerprint density at radius 2 is 2.29 bits per heavy atom. The lowest BCUT2D eigenvalue weighted by molar-refractivity contribution is -0.140. The minimum Gasteiger partial charge on any atom is -0.507 e. The maximum atomic E-state index is 10.8. The average molecular weight is 259 g/mol. The number of phenols is 1. The summed E-state index contributed by atoms with van der Waals surface area (Å²) in [7, 11) is 1.36. The van der Waals surface area contributed by atoms with Crippen molar-refractivity contribution < 1.29 is 14.6 Å². The number of methoxy groups -OCH3 is 1. The summed E-state index contributed by atoms with van der Waals surface area (Å²) in [5, 5.41) is 9.36. The highest BCUT2D eigenvalue weighted by Crippen LogP contribution is 2.24. The van der Waals surface area contributed by atoms with Crippen LogP contribution in [0.4, 0.5) is 0 Å². The highest BCUT2D eigenvalue weighted by Gasteiger charge is 2.03. The molecule has 0 fully saturated rings. The number of ether oxygens (including phenoxy) is 1. The fraction of sp³-hybridized carbons (Fsp3) is 0.300. The fourth-order valence-electron chi connectivity index (χ4n) is 1.06. The summed E-state index contributed by atoms with van der Waals surface area (Å²) in [5.41, 5.74) is 0.913. The van der Waals surface area contributed by atoms with Gasteiger partial charge in [-0.05, 0) is 40.0 Å². The Labute approximate surface area is 90.8 Å². The summed E-state index contributed by atoms with van der Waals surface area (Å²) in [6.07, 6.45) is 0.908. The number of rotatable bonds is 3. The number of benzene rings is 1. The van der Waals surface area contributed by atoms with Crippen molar-refractivity contribution in [2.75, 3.05) is 7.11 Å². The van der Waals surface area contributed by atoms with Crippen LogP contribution in [-0.4, -0.2) is 18.2 Å². The standard InChI is InChI=1S/C10H11BrO3/c1-14-10(13)5-3-7-2-4-8(11)9(12)6-7/h2,4,6,12H,3,5H2,1H3. The van der Waals surface area contributed by atoms with E-state index in [1.165, 1.54) is 7.11 Å². The molecule has 0 amide bonds. The second-order valence-corrected chi connectivity index (χ2v) is 3.72. The predicted molar refractivity (Wildman–Crippen MR) is 56.1 cm³/mol. The van der Waals surface area contributed by atoms with E-state index >= 15 is 0 Å². The van der Waals surface area contributed by atoms with E-state index in [1.807, 2.05) is 6.07 Å². The normalized spacial score (nSPS) is 9.86. The van der Waals surface area contributed by atoms with Crippen LogP contribution in [0.25, 0.3) is 0 Å². The minimum atomic E-state index is -0.243. The summed E-state index contributed by atoms with van der Waals surface area (Å²) in [4.78, 5) is 10.8. The topological polar surface area (TPSA) is 46.5 Å². The summed E-state index contributed by atoms with van der Waals surface area (Å²) < 4.78 is 5.17. The molecule has 0 bridgehead atoms. The SMILES string of the molecule is COC(=O)CCc1ccc(Br)c(O)c1. The quantitative estimate of drug-likeness (QED) is 0.847. The first-order valence-electron chi connectivity index (χ1n) is 4.17. The van der Waals surface area contributed by atoms with Gasteiger partial charge in [-0.15, -0.1) is 0 Å². The molecule has 4 heteroatoms. The van der Waals surface area contributed by atoms with Crippen molar-refractivity contribution in [2.45, 2.75) is 12.8 Å². The Bertz CT molecular complexity index is 336. The zero-order valence-corrected chi connectivity index (χ0v) is 9.37. The lowest BCUT2D eigenvalue weighted by Gasteiger charge is -2.02. The van der Waals surface area contributed by atoms with Crippen molar-refractivity contribution in [3.8, 4) is 5.75 Å². The zero-order chi connectivity index (χ0) is 10.6. The first-order chi connectivity index (χ1) is 6.63. The number of carbonyl (C=O) groups excluding carboxylic acids is 1. The molecule has 0 saturated carbocycles. The summed E-state index contributed by atoms with van der Waals surface area (Å²) in [6.45, 7) is 0. The number of carbonyl (C=O) groups is 1. The molecular formula is C10H11BrO3. The van der Waals surface area contributed by atoms with Crippen molar-refractivity contribution in [3.63, 3.8) is 0 Å². The molecule has 1 rings (SSSR count). The molecule has 1 N–H and O–H groups in total. The Morgan fingerprint density at radius 1 is 1.57 bits per heavy atom. The lowest BCUT2D eigenvalue weighted by Crippen LogP contribution is -2.01. The van der Waals surface area contributed by atoms with Gasteiger partial charge >= 0.3 is 5.97 Å². The Hall–Kier alpha value is -1.03. The van der Waals surface area contributed by atoms with Gasteiger partial charge in [-0.2, -0.15) is 0 Å². The Morgan fingerprint density at radius 3 is 2.86 bits per heavy atom. The number of phenolic OH excluding ortho intramolecular Hbond substituents is 1. The van der Waals surface area contributed by atoms with Gasteiger partial charge < -0.3 is 9.84 Å². The molecule has 0 radical (unpaired) electrons. The summed E-state index contributed by atoms with van der Waals surface area (Å²) in [5.74, 6) is -0.0558. The molecule has 0 unspecified atom stereocenters. The Balaban J connectivity index is 2.60. The monoisotopic (exact) mass is 258 g/mol. The van der Waals surface area contributed by atoms with E-state index < -0.39 is 0 Å². The van der Waals surface area contributed by atoms with Crippen LogP contribution in [0.1, 0.15) is 12.0 Å². The molecule has 1 aromatic carbocycles. The summed E-state index contributed by atoms with van der Waals surface area (Å²) >= 11 is 3.18. The molecule has 0 aromatic heterocycles. The van der Waals surface area contributed by atoms with Crippen LogP contribution in [0.15, 0.2) is 22.7 Å². The van der Waals surface area contributed by atoms with Crippen molar-refractivity contribution in [3.05, 3.63) is 28.2 Å². The van der Waals surface area contributed by atoms with E-state index in [0.29, 0.717) is 17.3 Å². The number of aromatic hydroxyl groups is 1. The second-order valence-electron chi connectivity index (χ2n) is 2.86. The van der Waals surface area contributed by atoms with Crippen LogP contribution in [0.2, 0.25) is 0 Å². The number of aryl methyl sites for hydroxylation is 1. The van der Waals surface area contributed by atoms with Crippen LogP contribution >= 0.6 is 15.9 Å². The van der Waals surface area contributed by atoms with E-state index in [1.54, 1.807) is 12.1 Å². The summed E-state index contributed by atoms with van der Waals surface area (Å²) in [6, 6.07) is 5.24. The molecule has 0 aliphatic heterocycles. The first-order valence-corrected chi connectivity index (χ1v) is 4.97. The van der Waals surface area contributed by atoms with Crippen LogP contribution in [0.5, 0.6) is 5.75 Å². The molecule has 3 nitrogen and oxygen atoms in total. The van der Waals surface area contributed by atoms with Gasteiger partial charge in [0.15, 0.2) is 0 Å². The predicted octanol–water partition coefficient (Wildman–Crippen LogP) is 2.26. The number of halogens is 1. The maximum Gasteiger partial charge on any atom is 0.305 e. The van der Waals surface area contributed by atoms with Gasteiger partial charge in [0.2, 0.25) is 0 Å². The van der Waals surface area contributed by atoms with Gasteiger partial charge in [0.25, 0.3) is 0 Å². The lowest BCUT2D eigenvalue weighted by atomic mass is 10.1. The van der Waals surface area contributed by atoms with E-state index in [4.69, 9.17) is 0 Å². The molecule has 0 atom stereocenters. The van der Waals surface area contributed by atoms with Gasteiger partial charge in [-0.3, -0.25) is 4.79 Å². The largest absolute Gasteiger partial charge is 0.507 e. The molecule has 0 aliphatic carbocycles. The molecule has 14 heavy (non-hydrogen) atoms. The van der Waals surface area contributed by atoms with E-state index in [2.05, 4.69) is 20.7 Å².